The van der Waals surface area contributed by atoms with Crippen LogP contribution in [0, 0.1) is 0 Å². The van der Waals surface area contributed by atoms with E-state index in [2.05, 4.69) is 59.0 Å². The Morgan fingerprint density at radius 2 is 1.62 bits per heavy atom. The predicted octanol–water partition coefficient (Wildman–Crippen LogP) is 6.80. The van der Waals surface area contributed by atoms with Crippen molar-refractivity contribution in [2.45, 2.75) is 58.6 Å². The van der Waals surface area contributed by atoms with Crippen molar-refractivity contribution in [1.29, 1.82) is 0 Å². The van der Waals surface area contributed by atoms with Crippen molar-refractivity contribution >= 4 is 28.9 Å². The van der Waals surface area contributed by atoms with Crippen LogP contribution in [0.5, 0.6) is 11.5 Å². The zero-order chi connectivity index (χ0) is 19.4. The third-order valence-corrected chi connectivity index (χ3v) is 5.13. The fraction of sp³-hybridized carbons (Fsp3) is 0.429. The molecule has 26 heavy (non-hydrogen) atoms. The molecule has 1 heterocycles. The minimum Gasteiger partial charge on any atom is -0.506 e. The van der Waals surface area contributed by atoms with Gasteiger partial charge in [0, 0.05) is 10.6 Å². The molecule has 0 aromatic heterocycles. The maximum absolute atomic E-state index is 10.4. The molecule has 1 aliphatic rings. The number of aromatic hydroxyl groups is 1. The highest BCUT2D eigenvalue weighted by molar-refractivity contribution is 6.35. The molecular weight excluding hydrogens is 369 g/mol. The lowest BCUT2D eigenvalue weighted by molar-refractivity contribution is 0.248. The van der Waals surface area contributed by atoms with Crippen LogP contribution in [0.15, 0.2) is 24.3 Å². The number of ether oxygens (including phenoxy) is 1. The lowest BCUT2D eigenvalue weighted by Crippen LogP contribution is -2.17. The minimum absolute atomic E-state index is 0.0102. The highest BCUT2D eigenvalue weighted by Crippen LogP contribution is 2.49. The van der Waals surface area contributed by atoms with Crippen molar-refractivity contribution in [3.8, 4) is 11.5 Å². The van der Waals surface area contributed by atoms with E-state index >= 15 is 0 Å². The van der Waals surface area contributed by atoms with E-state index in [4.69, 9.17) is 27.9 Å². The summed E-state index contributed by atoms with van der Waals surface area (Å²) in [6.45, 7) is 13.1. The monoisotopic (exact) mass is 393 g/mol. The van der Waals surface area contributed by atoms with Crippen molar-refractivity contribution in [3.05, 3.63) is 51.0 Å². The van der Waals surface area contributed by atoms with Gasteiger partial charge in [-0.05, 0) is 34.6 Å². The normalized spacial score (nSPS) is 16.8. The average molecular weight is 394 g/mol. The van der Waals surface area contributed by atoms with Crippen LogP contribution in [0.25, 0.3) is 0 Å². The van der Waals surface area contributed by atoms with Crippen molar-refractivity contribution in [2.24, 2.45) is 0 Å². The van der Waals surface area contributed by atoms with Gasteiger partial charge in [0.15, 0.2) is 6.23 Å². The van der Waals surface area contributed by atoms with Crippen LogP contribution in [-0.2, 0) is 10.8 Å². The molecule has 0 bridgehead atoms. The van der Waals surface area contributed by atoms with E-state index in [1.807, 2.05) is 0 Å². The lowest BCUT2D eigenvalue weighted by atomic mass is 9.80. The van der Waals surface area contributed by atoms with Crippen LogP contribution in [0.3, 0.4) is 0 Å². The average Bonchev–Trinajstić information content (AvgIpc) is 2.91. The summed E-state index contributed by atoms with van der Waals surface area (Å²) < 4.78 is 6.22. The molecule has 1 atom stereocenters. The fourth-order valence-corrected chi connectivity index (χ4v) is 3.58. The second-order valence-corrected chi connectivity index (χ2v) is 9.71. The summed E-state index contributed by atoms with van der Waals surface area (Å²) in [5.41, 5.74) is 3.72. The molecule has 0 unspecified atom stereocenters. The molecule has 1 aliphatic heterocycles. The van der Waals surface area contributed by atoms with Gasteiger partial charge in [-0.1, -0.05) is 70.8 Å². The topological polar surface area (TPSA) is 41.5 Å². The van der Waals surface area contributed by atoms with E-state index in [0.29, 0.717) is 10.6 Å². The van der Waals surface area contributed by atoms with Crippen molar-refractivity contribution in [2.75, 3.05) is 5.32 Å². The van der Waals surface area contributed by atoms with Gasteiger partial charge >= 0.3 is 0 Å². The Kier molecular flexibility index (Phi) is 4.61. The number of hydrogen-bond donors (Lipinski definition) is 2. The predicted molar refractivity (Wildman–Crippen MR) is 109 cm³/mol. The second kappa shape index (κ2) is 6.24. The molecule has 0 amide bonds. The fourth-order valence-electron chi connectivity index (χ4n) is 3.07. The van der Waals surface area contributed by atoms with Gasteiger partial charge in [-0.2, -0.15) is 0 Å². The summed E-state index contributed by atoms with van der Waals surface area (Å²) in [6, 6.07) is 7.53. The first kappa shape index (κ1) is 19.2. The third kappa shape index (κ3) is 3.47. The van der Waals surface area contributed by atoms with Gasteiger partial charge in [0.25, 0.3) is 0 Å². The first-order chi connectivity index (χ1) is 11.9. The first-order valence-electron chi connectivity index (χ1n) is 8.68. The Balaban J connectivity index is 2.11. The molecule has 3 rings (SSSR count). The van der Waals surface area contributed by atoms with Crippen LogP contribution in [0.1, 0.15) is 64.5 Å². The zero-order valence-corrected chi connectivity index (χ0v) is 17.5. The van der Waals surface area contributed by atoms with Gasteiger partial charge < -0.3 is 15.2 Å². The van der Waals surface area contributed by atoms with Crippen LogP contribution in [0.2, 0.25) is 10.0 Å². The van der Waals surface area contributed by atoms with Gasteiger partial charge in [-0.25, -0.2) is 0 Å². The van der Waals surface area contributed by atoms with Crippen molar-refractivity contribution in [1.82, 2.24) is 0 Å². The van der Waals surface area contributed by atoms with E-state index in [1.165, 1.54) is 11.6 Å². The molecule has 0 saturated carbocycles. The summed E-state index contributed by atoms with van der Waals surface area (Å²) >= 11 is 12.2. The molecule has 2 N–H and O–H groups in total. The van der Waals surface area contributed by atoms with E-state index < -0.39 is 6.23 Å². The highest BCUT2D eigenvalue weighted by atomic mass is 35.5. The van der Waals surface area contributed by atoms with Crippen LogP contribution < -0.4 is 10.1 Å². The standard InChI is InChI=1S/C21H25Cl2NO2/c1-20(2,3)11-7-14(21(4,5)6)18-16(8-11)24-19(26-18)13-9-12(22)10-15(23)17(13)25/h7-10,19,24-25H,1-6H3/t19-/m0/s1. The molecule has 140 valence electrons. The van der Waals surface area contributed by atoms with Crippen LogP contribution >= 0.6 is 23.2 Å². The summed E-state index contributed by atoms with van der Waals surface area (Å²) in [4.78, 5) is 0. The summed E-state index contributed by atoms with van der Waals surface area (Å²) in [5, 5.41) is 14.4. The number of halogens is 2. The highest BCUT2D eigenvalue weighted by Gasteiger charge is 2.34. The Hall–Kier alpha value is -1.58. The van der Waals surface area contributed by atoms with Crippen molar-refractivity contribution < 1.29 is 9.84 Å². The first-order valence-corrected chi connectivity index (χ1v) is 9.43. The summed E-state index contributed by atoms with van der Waals surface area (Å²) in [6.07, 6.45) is -0.544. The SMILES string of the molecule is CC(C)(C)c1cc2c(c(C(C)(C)C)c1)O[C@@H](c1cc(Cl)cc(Cl)c1O)N2. The van der Waals surface area contributed by atoms with E-state index in [-0.39, 0.29) is 21.6 Å². The van der Waals surface area contributed by atoms with Gasteiger partial charge in [-0.3, -0.25) is 0 Å². The number of anilines is 1. The number of nitrogens with one attached hydrogen (secondary N) is 1. The van der Waals surface area contributed by atoms with E-state index in [0.717, 1.165) is 17.0 Å². The van der Waals surface area contributed by atoms with Crippen LogP contribution in [0.4, 0.5) is 5.69 Å². The molecule has 2 aromatic carbocycles. The molecule has 5 heteroatoms. The smallest absolute Gasteiger partial charge is 0.200 e. The summed E-state index contributed by atoms with van der Waals surface area (Å²) in [7, 11) is 0. The van der Waals surface area contributed by atoms with Gasteiger partial charge in [-0.15, -0.1) is 0 Å². The number of phenols is 1. The Labute approximate surface area is 165 Å². The molecule has 0 saturated heterocycles. The third-order valence-electron chi connectivity index (χ3n) is 4.63. The second-order valence-electron chi connectivity index (χ2n) is 8.87. The van der Waals surface area contributed by atoms with Crippen LogP contribution in [-0.4, -0.2) is 5.11 Å². The maximum Gasteiger partial charge on any atom is 0.200 e. The molecule has 0 aliphatic carbocycles. The minimum atomic E-state index is -0.544. The van der Waals surface area contributed by atoms with Gasteiger partial charge in [0.1, 0.15) is 11.5 Å². The number of benzene rings is 2. The van der Waals surface area contributed by atoms with Crippen molar-refractivity contribution in [3.63, 3.8) is 0 Å². The quantitative estimate of drug-likeness (QED) is 0.559. The largest absolute Gasteiger partial charge is 0.506 e. The zero-order valence-electron chi connectivity index (χ0n) is 16.0. The molecule has 3 nitrogen and oxygen atoms in total. The molecule has 0 fully saturated rings. The Morgan fingerprint density at radius 1 is 0.962 bits per heavy atom. The Bertz CT molecular complexity index is 864. The number of fused-ring (bicyclic) bond motifs is 1. The van der Waals surface area contributed by atoms with E-state index in [1.54, 1.807) is 6.07 Å². The summed E-state index contributed by atoms with van der Waals surface area (Å²) in [5.74, 6) is 0.792. The Morgan fingerprint density at radius 3 is 2.19 bits per heavy atom. The maximum atomic E-state index is 10.4. The molecule has 0 spiro atoms. The number of rotatable bonds is 1. The molecule has 2 aromatic rings. The lowest BCUT2D eigenvalue weighted by Gasteiger charge is -2.26. The molecule has 0 radical (unpaired) electrons. The van der Waals surface area contributed by atoms with Gasteiger partial charge in [0.2, 0.25) is 0 Å². The van der Waals surface area contributed by atoms with E-state index in [9.17, 15) is 5.11 Å². The number of phenolic OH excluding ortho intramolecular Hbond substituents is 1. The number of hydrogen-bond acceptors (Lipinski definition) is 3. The van der Waals surface area contributed by atoms with Gasteiger partial charge in [0.05, 0.1) is 16.3 Å². The molecular formula is C21H25Cl2NO2.